The maximum absolute atomic E-state index is 12.2. The molecule has 0 aromatic carbocycles. The topological polar surface area (TPSA) is 17.1 Å². The number of rotatable bonds is 7. The van der Waals surface area contributed by atoms with Gasteiger partial charge in [0.15, 0.2) is 0 Å². The molecule has 1 rings (SSSR count). The van der Waals surface area contributed by atoms with E-state index in [1.165, 1.54) is 32.1 Å². The van der Waals surface area contributed by atoms with Crippen LogP contribution in [-0.2, 0) is 4.79 Å². The van der Waals surface area contributed by atoms with Crippen LogP contribution in [-0.4, -0.2) is 5.78 Å². The van der Waals surface area contributed by atoms with Gasteiger partial charge in [0.25, 0.3) is 0 Å². The van der Waals surface area contributed by atoms with E-state index >= 15 is 0 Å². The van der Waals surface area contributed by atoms with Crippen LogP contribution in [0.25, 0.3) is 0 Å². The van der Waals surface area contributed by atoms with Gasteiger partial charge in [-0.1, -0.05) is 47.0 Å². The van der Waals surface area contributed by atoms with Gasteiger partial charge < -0.3 is 0 Å². The molecule has 0 spiro atoms. The second kappa shape index (κ2) is 6.42. The Balaban J connectivity index is 2.41. The van der Waals surface area contributed by atoms with Crippen molar-refractivity contribution in [1.29, 1.82) is 0 Å². The second-order valence-electron chi connectivity index (χ2n) is 6.18. The van der Waals surface area contributed by atoms with Crippen LogP contribution in [0.4, 0.5) is 0 Å². The van der Waals surface area contributed by atoms with Crippen molar-refractivity contribution in [3.8, 4) is 0 Å². The Morgan fingerprint density at radius 3 is 2.12 bits per heavy atom. The SMILES string of the molecule is CC(C)CCC[C@H](C(=O)C(C)C)C1CCC1. The lowest BCUT2D eigenvalue weighted by Gasteiger charge is -2.34. The summed E-state index contributed by atoms with van der Waals surface area (Å²) >= 11 is 0. The minimum absolute atomic E-state index is 0.227. The molecule has 0 aliphatic heterocycles. The molecule has 0 unspecified atom stereocenters. The van der Waals surface area contributed by atoms with Gasteiger partial charge in [0.2, 0.25) is 0 Å². The van der Waals surface area contributed by atoms with E-state index in [0.29, 0.717) is 11.7 Å². The van der Waals surface area contributed by atoms with Crippen molar-refractivity contribution >= 4 is 5.78 Å². The summed E-state index contributed by atoms with van der Waals surface area (Å²) in [4.78, 5) is 12.2. The highest BCUT2D eigenvalue weighted by Crippen LogP contribution is 2.37. The first-order chi connectivity index (χ1) is 7.52. The number of ketones is 1. The van der Waals surface area contributed by atoms with Crippen LogP contribution in [0.2, 0.25) is 0 Å². The van der Waals surface area contributed by atoms with Crippen molar-refractivity contribution in [2.24, 2.45) is 23.7 Å². The van der Waals surface area contributed by atoms with E-state index in [4.69, 9.17) is 0 Å². The lowest BCUT2D eigenvalue weighted by Crippen LogP contribution is -2.31. The molecule has 16 heavy (non-hydrogen) atoms. The Bertz CT molecular complexity index is 213. The summed E-state index contributed by atoms with van der Waals surface area (Å²) in [7, 11) is 0. The molecule has 0 saturated heterocycles. The summed E-state index contributed by atoms with van der Waals surface area (Å²) in [5.41, 5.74) is 0. The Hall–Kier alpha value is -0.330. The quantitative estimate of drug-likeness (QED) is 0.624. The van der Waals surface area contributed by atoms with Gasteiger partial charge in [-0.2, -0.15) is 0 Å². The summed E-state index contributed by atoms with van der Waals surface area (Å²) in [5, 5.41) is 0. The largest absolute Gasteiger partial charge is 0.299 e. The van der Waals surface area contributed by atoms with Gasteiger partial charge in [-0.3, -0.25) is 4.79 Å². The highest BCUT2D eigenvalue weighted by molar-refractivity contribution is 5.83. The Labute approximate surface area is 101 Å². The molecule has 0 heterocycles. The zero-order chi connectivity index (χ0) is 12.1. The first-order valence-electron chi connectivity index (χ1n) is 7.06. The first kappa shape index (κ1) is 13.7. The molecule has 1 nitrogen and oxygen atoms in total. The summed E-state index contributed by atoms with van der Waals surface area (Å²) in [6.07, 6.45) is 7.58. The van der Waals surface area contributed by atoms with Gasteiger partial charge in [-0.05, 0) is 31.1 Å². The van der Waals surface area contributed by atoms with Crippen LogP contribution in [0.3, 0.4) is 0 Å². The number of hydrogen-bond donors (Lipinski definition) is 0. The molecule has 0 aromatic heterocycles. The van der Waals surface area contributed by atoms with Crippen molar-refractivity contribution in [3.05, 3.63) is 0 Å². The predicted octanol–water partition coefficient (Wildman–Crippen LogP) is 4.45. The summed E-state index contributed by atoms with van der Waals surface area (Å²) < 4.78 is 0. The third-order valence-electron chi connectivity index (χ3n) is 3.95. The maximum atomic E-state index is 12.2. The number of carbonyl (C=O) groups excluding carboxylic acids is 1. The third kappa shape index (κ3) is 3.92. The molecule has 0 bridgehead atoms. The fourth-order valence-corrected chi connectivity index (χ4v) is 2.63. The van der Waals surface area contributed by atoms with Gasteiger partial charge in [0.1, 0.15) is 5.78 Å². The van der Waals surface area contributed by atoms with E-state index in [2.05, 4.69) is 27.7 Å². The molecule has 1 fully saturated rings. The minimum atomic E-state index is 0.227. The normalized spacial score (nSPS) is 18.9. The van der Waals surface area contributed by atoms with Crippen LogP contribution in [0.1, 0.15) is 66.2 Å². The predicted molar refractivity (Wildman–Crippen MR) is 69.4 cm³/mol. The van der Waals surface area contributed by atoms with Crippen molar-refractivity contribution in [2.75, 3.05) is 0 Å². The number of Topliss-reactive ketones (excluding diaryl/α,β-unsaturated/α-hetero) is 1. The second-order valence-corrected chi connectivity index (χ2v) is 6.18. The van der Waals surface area contributed by atoms with Gasteiger partial charge in [0.05, 0.1) is 0 Å². The first-order valence-corrected chi connectivity index (χ1v) is 7.06. The zero-order valence-corrected chi connectivity index (χ0v) is 11.5. The van der Waals surface area contributed by atoms with E-state index in [-0.39, 0.29) is 5.92 Å². The van der Waals surface area contributed by atoms with E-state index in [1.807, 2.05) is 0 Å². The molecule has 94 valence electrons. The van der Waals surface area contributed by atoms with Gasteiger partial charge in [-0.15, -0.1) is 0 Å². The molecular weight excluding hydrogens is 196 g/mol. The zero-order valence-electron chi connectivity index (χ0n) is 11.5. The highest BCUT2D eigenvalue weighted by Gasteiger charge is 2.32. The van der Waals surface area contributed by atoms with Gasteiger partial charge >= 0.3 is 0 Å². The molecule has 1 aliphatic carbocycles. The Morgan fingerprint density at radius 1 is 1.12 bits per heavy atom. The average Bonchev–Trinajstić information content (AvgIpc) is 2.11. The summed E-state index contributed by atoms with van der Waals surface area (Å²) in [5.74, 6) is 2.63. The summed E-state index contributed by atoms with van der Waals surface area (Å²) in [6.45, 7) is 8.64. The molecular formula is C15H28O. The van der Waals surface area contributed by atoms with Crippen LogP contribution in [0.15, 0.2) is 0 Å². The monoisotopic (exact) mass is 224 g/mol. The van der Waals surface area contributed by atoms with E-state index in [9.17, 15) is 4.79 Å². The number of carbonyl (C=O) groups is 1. The van der Waals surface area contributed by atoms with Crippen LogP contribution in [0.5, 0.6) is 0 Å². The fraction of sp³-hybridized carbons (Fsp3) is 0.933. The van der Waals surface area contributed by atoms with Gasteiger partial charge in [-0.25, -0.2) is 0 Å². The van der Waals surface area contributed by atoms with Crippen molar-refractivity contribution in [3.63, 3.8) is 0 Å². The smallest absolute Gasteiger partial charge is 0.138 e. The molecule has 1 saturated carbocycles. The molecule has 0 N–H and O–H groups in total. The highest BCUT2D eigenvalue weighted by atomic mass is 16.1. The fourth-order valence-electron chi connectivity index (χ4n) is 2.63. The van der Waals surface area contributed by atoms with E-state index in [0.717, 1.165) is 18.3 Å². The molecule has 1 aliphatic rings. The lowest BCUT2D eigenvalue weighted by molar-refractivity contribution is -0.129. The van der Waals surface area contributed by atoms with Crippen LogP contribution < -0.4 is 0 Å². The van der Waals surface area contributed by atoms with Gasteiger partial charge in [0, 0.05) is 11.8 Å². The van der Waals surface area contributed by atoms with Crippen molar-refractivity contribution in [2.45, 2.75) is 66.2 Å². The van der Waals surface area contributed by atoms with Crippen molar-refractivity contribution < 1.29 is 4.79 Å². The Morgan fingerprint density at radius 2 is 1.75 bits per heavy atom. The van der Waals surface area contributed by atoms with E-state index in [1.54, 1.807) is 0 Å². The molecule has 1 atom stereocenters. The minimum Gasteiger partial charge on any atom is -0.299 e. The van der Waals surface area contributed by atoms with Crippen LogP contribution >= 0.6 is 0 Å². The standard InChI is InChI=1S/C15H28O/c1-11(2)7-5-10-14(13-8-6-9-13)15(16)12(3)4/h11-14H,5-10H2,1-4H3/t14-/m0/s1. The average molecular weight is 224 g/mol. The number of hydrogen-bond acceptors (Lipinski definition) is 1. The molecule has 0 radical (unpaired) electrons. The molecule has 1 heteroatoms. The maximum Gasteiger partial charge on any atom is 0.138 e. The molecule has 0 aromatic rings. The van der Waals surface area contributed by atoms with Crippen LogP contribution in [0, 0.1) is 23.7 Å². The summed E-state index contributed by atoms with van der Waals surface area (Å²) in [6, 6.07) is 0. The Kier molecular flexibility index (Phi) is 5.51. The van der Waals surface area contributed by atoms with Crippen molar-refractivity contribution in [1.82, 2.24) is 0 Å². The van der Waals surface area contributed by atoms with E-state index < -0.39 is 0 Å². The third-order valence-corrected chi connectivity index (χ3v) is 3.95. The molecule has 0 amide bonds. The lowest BCUT2D eigenvalue weighted by atomic mass is 9.70.